The van der Waals surface area contributed by atoms with Crippen molar-refractivity contribution < 1.29 is 32.3 Å². The van der Waals surface area contributed by atoms with E-state index in [0.717, 1.165) is 5.56 Å². The Hall–Kier alpha value is -2.46. The molecule has 1 aromatic rings. The van der Waals surface area contributed by atoms with Gasteiger partial charge < -0.3 is 14.8 Å². The van der Waals surface area contributed by atoms with E-state index in [1.807, 2.05) is 13.8 Å². The monoisotopic (exact) mass is 414 g/mol. The van der Waals surface area contributed by atoms with Crippen molar-refractivity contribution in [3.63, 3.8) is 0 Å². The van der Waals surface area contributed by atoms with Crippen LogP contribution in [0, 0.1) is 12.8 Å². The van der Waals surface area contributed by atoms with Gasteiger partial charge in [-0.05, 0) is 25.0 Å². The van der Waals surface area contributed by atoms with Gasteiger partial charge in [0.05, 0.1) is 12.0 Å². The lowest BCUT2D eigenvalue weighted by Gasteiger charge is -2.21. The molecule has 0 aromatic heterocycles. The highest BCUT2D eigenvalue weighted by Gasteiger charge is 2.27. The van der Waals surface area contributed by atoms with Crippen LogP contribution >= 0.6 is 0 Å². The minimum Gasteiger partial charge on any atom is -0.467 e. The van der Waals surface area contributed by atoms with Crippen LogP contribution in [-0.4, -0.2) is 52.6 Å². The summed E-state index contributed by atoms with van der Waals surface area (Å²) in [5.74, 6) is -2.39. The molecule has 9 nitrogen and oxygen atoms in total. The van der Waals surface area contributed by atoms with Crippen LogP contribution in [0.25, 0.3) is 0 Å². The third kappa shape index (κ3) is 7.28. The number of carbonyl (C=O) groups excluding carboxylic acids is 3. The van der Waals surface area contributed by atoms with Crippen LogP contribution in [0.15, 0.2) is 29.2 Å². The molecular weight excluding hydrogens is 388 g/mol. The highest BCUT2D eigenvalue weighted by atomic mass is 32.2. The molecule has 28 heavy (non-hydrogen) atoms. The van der Waals surface area contributed by atoms with Crippen LogP contribution in [0.5, 0.6) is 0 Å². The molecule has 0 aliphatic heterocycles. The zero-order valence-corrected chi connectivity index (χ0v) is 17.2. The Balaban J connectivity index is 2.52. The summed E-state index contributed by atoms with van der Waals surface area (Å²) in [5.41, 5.74) is 0.895. The van der Waals surface area contributed by atoms with Crippen molar-refractivity contribution in [3.8, 4) is 0 Å². The van der Waals surface area contributed by atoms with Crippen LogP contribution in [0.1, 0.15) is 25.8 Å². The number of amides is 1. The summed E-state index contributed by atoms with van der Waals surface area (Å²) in [6.45, 7) is 4.17. The topological polar surface area (TPSA) is 128 Å². The molecule has 0 saturated heterocycles. The first-order valence-electron chi connectivity index (χ1n) is 8.69. The van der Waals surface area contributed by atoms with Crippen molar-refractivity contribution in [1.82, 2.24) is 10.0 Å². The van der Waals surface area contributed by atoms with Gasteiger partial charge in [-0.1, -0.05) is 38.0 Å². The van der Waals surface area contributed by atoms with Gasteiger partial charge >= 0.3 is 11.9 Å². The van der Waals surface area contributed by atoms with Crippen LogP contribution in [0.4, 0.5) is 0 Å². The highest BCUT2D eigenvalue weighted by molar-refractivity contribution is 7.89. The third-order valence-corrected chi connectivity index (χ3v) is 5.50. The zero-order valence-electron chi connectivity index (χ0n) is 16.4. The average Bonchev–Trinajstić information content (AvgIpc) is 2.68. The molecule has 0 unspecified atom stereocenters. The molecular formula is C18H26N2O7S. The van der Waals surface area contributed by atoms with Gasteiger partial charge in [0.25, 0.3) is 5.91 Å². The Labute approximate surface area is 164 Å². The normalized spacial score (nSPS) is 13.3. The molecule has 0 radical (unpaired) electrons. The molecule has 0 aliphatic carbocycles. The highest BCUT2D eigenvalue weighted by Crippen LogP contribution is 2.10. The molecule has 2 N–H and O–H groups in total. The molecule has 0 aliphatic rings. The van der Waals surface area contributed by atoms with E-state index >= 15 is 0 Å². The molecule has 1 aromatic carbocycles. The summed E-state index contributed by atoms with van der Waals surface area (Å²) >= 11 is 0. The predicted molar refractivity (Wildman–Crippen MR) is 101 cm³/mol. The maximum absolute atomic E-state index is 12.1. The SMILES string of the molecule is CC[C@@H](C)[C@@H](NC(=O)COC(=O)CNS(=O)(=O)c1ccc(C)cc1)C(=O)OC. The van der Waals surface area contributed by atoms with Crippen molar-refractivity contribution in [2.45, 2.75) is 38.1 Å². The summed E-state index contributed by atoms with van der Waals surface area (Å²) in [7, 11) is -2.66. The number of hydrogen-bond acceptors (Lipinski definition) is 7. The number of methoxy groups -OCH3 is 1. The zero-order chi connectivity index (χ0) is 21.3. The van der Waals surface area contributed by atoms with Crippen molar-refractivity contribution in [2.75, 3.05) is 20.3 Å². The number of rotatable bonds is 10. The maximum atomic E-state index is 12.1. The molecule has 1 amide bonds. The van der Waals surface area contributed by atoms with Gasteiger partial charge in [-0.25, -0.2) is 13.2 Å². The largest absolute Gasteiger partial charge is 0.467 e. The van der Waals surface area contributed by atoms with Crippen molar-refractivity contribution in [1.29, 1.82) is 0 Å². The number of nitrogens with one attached hydrogen (secondary N) is 2. The molecule has 0 bridgehead atoms. The van der Waals surface area contributed by atoms with Crippen LogP contribution in [0.3, 0.4) is 0 Å². The molecule has 0 heterocycles. The first-order chi connectivity index (χ1) is 13.1. The van der Waals surface area contributed by atoms with Crippen LogP contribution in [0.2, 0.25) is 0 Å². The van der Waals surface area contributed by atoms with Gasteiger partial charge in [0.15, 0.2) is 6.61 Å². The van der Waals surface area contributed by atoms with Gasteiger partial charge in [-0.3, -0.25) is 9.59 Å². The van der Waals surface area contributed by atoms with Crippen molar-refractivity contribution in [2.24, 2.45) is 5.92 Å². The Morgan fingerprint density at radius 1 is 1.14 bits per heavy atom. The lowest BCUT2D eigenvalue weighted by molar-refractivity contribution is -0.150. The smallest absolute Gasteiger partial charge is 0.328 e. The summed E-state index contributed by atoms with van der Waals surface area (Å²) < 4.78 is 35.7. The fourth-order valence-corrected chi connectivity index (χ4v) is 3.13. The number of aryl methyl sites for hydroxylation is 1. The van der Waals surface area contributed by atoms with E-state index in [1.165, 1.54) is 19.2 Å². The second-order valence-electron chi connectivity index (χ2n) is 6.25. The van der Waals surface area contributed by atoms with Crippen molar-refractivity contribution >= 4 is 27.9 Å². The molecule has 0 fully saturated rings. The minimum atomic E-state index is -3.87. The summed E-state index contributed by atoms with van der Waals surface area (Å²) in [6.07, 6.45) is 0.626. The van der Waals surface area contributed by atoms with E-state index in [9.17, 15) is 22.8 Å². The first-order valence-corrected chi connectivity index (χ1v) is 10.2. The molecule has 2 atom stereocenters. The molecule has 10 heteroatoms. The first kappa shape index (κ1) is 23.6. The van der Waals surface area contributed by atoms with E-state index in [2.05, 4.69) is 14.8 Å². The van der Waals surface area contributed by atoms with Crippen LogP contribution < -0.4 is 10.0 Å². The van der Waals surface area contributed by atoms with Gasteiger partial charge in [-0.15, -0.1) is 0 Å². The quantitative estimate of drug-likeness (QED) is 0.534. The van der Waals surface area contributed by atoms with Crippen molar-refractivity contribution in [3.05, 3.63) is 29.8 Å². The maximum Gasteiger partial charge on any atom is 0.328 e. The van der Waals surface area contributed by atoms with E-state index in [-0.39, 0.29) is 10.8 Å². The van der Waals surface area contributed by atoms with E-state index in [1.54, 1.807) is 19.1 Å². The number of ether oxygens (including phenoxy) is 2. The predicted octanol–water partition coefficient (Wildman–Crippen LogP) is 0.520. The van der Waals surface area contributed by atoms with Gasteiger partial charge in [0.2, 0.25) is 10.0 Å². The average molecular weight is 414 g/mol. The minimum absolute atomic E-state index is 0.0121. The second kappa shape index (κ2) is 10.8. The molecule has 1 rings (SSSR count). The Morgan fingerprint density at radius 3 is 2.29 bits per heavy atom. The van der Waals surface area contributed by atoms with Gasteiger partial charge in [-0.2, -0.15) is 4.72 Å². The Bertz CT molecular complexity index is 791. The Kier molecular flexibility index (Phi) is 9.07. The lowest BCUT2D eigenvalue weighted by Crippen LogP contribution is -2.47. The van der Waals surface area contributed by atoms with E-state index in [0.29, 0.717) is 6.42 Å². The number of hydrogen-bond donors (Lipinski definition) is 2. The number of carbonyl (C=O) groups is 3. The number of benzene rings is 1. The Morgan fingerprint density at radius 2 is 1.75 bits per heavy atom. The fraction of sp³-hybridized carbons (Fsp3) is 0.500. The summed E-state index contributed by atoms with van der Waals surface area (Å²) in [5, 5.41) is 2.45. The van der Waals surface area contributed by atoms with E-state index < -0.39 is 47.1 Å². The summed E-state index contributed by atoms with van der Waals surface area (Å²) in [6, 6.07) is 5.23. The molecule has 0 saturated carbocycles. The lowest BCUT2D eigenvalue weighted by atomic mass is 9.99. The molecule has 0 spiro atoms. The van der Waals surface area contributed by atoms with E-state index in [4.69, 9.17) is 4.74 Å². The fourth-order valence-electron chi connectivity index (χ4n) is 2.16. The third-order valence-electron chi connectivity index (χ3n) is 4.09. The molecule has 156 valence electrons. The summed E-state index contributed by atoms with van der Waals surface area (Å²) in [4.78, 5) is 35.4. The number of esters is 2. The van der Waals surface area contributed by atoms with Crippen LogP contribution in [-0.2, 0) is 33.9 Å². The standard InChI is InChI=1S/C18H26N2O7S/c1-5-13(3)17(18(23)26-4)20-15(21)11-27-16(22)10-19-28(24,25)14-8-6-12(2)7-9-14/h6-9,13,17,19H,5,10-11H2,1-4H3,(H,20,21)/t13-,17-/m1/s1. The van der Waals surface area contributed by atoms with Gasteiger partial charge in [0, 0.05) is 0 Å². The van der Waals surface area contributed by atoms with Gasteiger partial charge in [0.1, 0.15) is 12.6 Å². The number of sulfonamides is 1. The second-order valence-corrected chi connectivity index (χ2v) is 8.02.